The van der Waals surface area contributed by atoms with Crippen molar-refractivity contribution in [1.29, 1.82) is 5.26 Å². The minimum absolute atomic E-state index is 0.294. The number of halogens is 1. The first kappa shape index (κ1) is 16.3. The molecule has 0 unspecified atom stereocenters. The van der Waals surface area contributed by atoms with Crippen LogP contribution >= 0.6 is 11.6 Å². The fourth-order valence-corrected chi connectivity index (χ4v) is 2.66. The largest absolute Gasteiger partial charge is 0.490 e. The Kier molecular flexibility index (Phi) is 4.97. The molecule has 0 aliphatic carbocycles. The topological polar surface area (TPSA) is 60.7 Å². The molecule has 2 aromatic rings. The van der Waals surface area contributed by atoms with Gasteiger partial charge in [0, 0.05) is 6.07 Å². The van der Waals surface area contributed by atoms with E-state index in [2.05, 4.69) is 6.07 Å². The van der Waals surface area contributed by atoms with Gasteiger partial charge in [0.1, 0.15) is 19.8 Å². The summed E-state index contributed by atoms with van der Waals surface area (Å²) in [4.78, 5) is 0. The van der Waals surface area contributed by atoms with Crippen LogP contribution in [0.3, 0.4) is 0 Å². The molecule has 24 heavy (non-hydrogen) atoms. The lowest BCUT2D eigenvalue weighted by Crippen LogP contribution is -2.16. The molecule has 3 rings (SSSR count). The molecule has 0 bridgehead atoms. The highest BCUT2D eigenvalue weighted by molar-refractivity contribution is 6.32. The quantitative estimate of drug-likeness (QED) is 0.820. The molecule has 1 heterocycles. The highest BCUT2D eigenvalue weighted by Crippen LogP contribution is 2.39. The van der Waals surface area contributed by atoms with Gasteiger partial charge in [-0.3, -0.25) is 0 Å². The van der Waals surface area contributed by atoms with E-state index in [0.717, 1.165) is 5.56 Å². The molecule has 1 aliphatic heterocycles. The molecule has 0 spiro atoms. The Morgan fingerprint density at radius 3 is 2.75 bits per heavy atom. The second-order valence-electron chi connectivity index (χ2n) is 5.10. The predicted molar refractivity (Wildman–Crippen MR) is 89.1 cm³/mol. The minimum atomic E-state index is 0.294. The van der Waals surface area contributed by atoms with E-state index in [1.54, 1.807) is 24.3 Å². The van der Waals surface area contributed by atoms with Crippen LogP contribution in [0.15, 0.2) is 30.3 Å². The van der Waals surface area contributed by atoms with Gasteiger partial charge in [-0.2, -0.15) is 5.26 Å². The molecule has 0 radical (unpaired) electrons. The number of benzene rings is 2. The Morgan fingerprint density at radius 1 is 1.12 bits per heavy atom. The van der Waals surface area contributed by atoms with E-state index < -0.39 is 0 Å². The van der Waals surface area contributed by atoms with Crippen molar-refractivity contribution in [2.75, 3.05) is 19.8 Å². The summed E-state index contributed by atoms with van der Waals surface area (Å²) in [5.41, 5.74) is 1.38. The van der Waals surface area contributed by atoms with Crippen LogP contribution in [0.25, 0.3) is 0 Å². The van der Waals surface area contributed by atoms with Crippen molar-refractivity contribution in [3.05, 3.63) is 46.5 Å². The van der Waals surface area contributed by atoms with E-state index >= 15 is 0 Å². The minimum Gasteiger partial charge on any atom is -0.490 e. The average molecular weight is 346 g/mol. The summed E-state index contributed by atoms with van der Waals surface area (Å²) in [5.74, 6) is 2.30. The summed E-state index contributed by atoms with van der Waals surface area (Å²) < 4.78 is 22.4. The number of rotatable bonds is 5. The van der Waals surface area contributed by atoms with Gasteiger partial charge in [-0.25, -0.2) is 0 Å². The smallest absolute Gasteiger partial charge is 0.179 e. The van der Waals surface area contributed by atoms with Crippen LogP contribution in [0.1, 0.15) is 18.1 Å². The van der Waals surface area contributed by atoms with E-state index in [1.807, 2.05) is 13.0 Å². The van der Waals surface area contributed by atoms with Crippen molar-refractivity contribution >= 4 is 11.6 Å². The molecule has 1 aliphatic rings. The number of ether oxygens (including phenoxy) is 4. The lowest BCUT2D eigenvalue weighted by Gasteiger charge is -2.20. The van der Waals surface area contributed by atoms with Crippen LogP contribution in [0.2, 0.25) is 5.02 Å². The zero-order valence-corrected chi connectivity index (χ0v) is 13.9. The number of fused-ring (bicyclic) bond motifs is 1. The van der Waals surface area contributed by atoms with Gasteiger partial charge in [-0.05, 0) is 36.8 Å². The monoisotopic (exact) mass is 345 g/mol. The SMILES string of the molecule is CCOc1cc(C#N)ccc1OCc1cc(Cl)c2c(c1)OCCO2. The summed E-state index contributed by atoms with van der Waals surface area (Å²) in [7, 11) is 0. The standard InChI is InChI=1S/C18H16ClNO4/c1-2-21-16-8-12(10-20)3-4-15(16)24-11-13-7-14(19)18-17(9-13)22-5-6-23-18/h3-4,7-9H,2,5-6,11H2,1H3. The molecule has 2 aromatic carbocycles. The van der Waals surface area contributed by atoms with Crippen LogP contribution in [0, 0.1) is 11.3 Å². The molecule has 0 atom stereocenters. The van der Waals surface area contributed by atoms with E-state index in [1.165, 1.54) is 0 Å². The fourth-order valence-electron chi connectivity index (χ4n) is 2.37. The maximum absolute atomic E-state index is 8.99. The summed E-state index contributed by atoms with van der Waals surface area (Å²) in [6.07, 6.45) is 0. The van der Waals surface area contributed by atoms with Crippen molar-refractivity contribution in [1.82, 2.24) is 0 Å². The molecule has 0 saturated heterocycles. The van der Waals surface area contributed by atoms with E-state index in [0.29, 0.717) is 60.0 Å². The third-order valence-corrected chi connectivity index (χ3v) is 3.70. The van der Waals surface area contributed by atoms with E-state index in [-0.39, 0.29) is 0 Å². The Hall–Kier alpha value is -2.58. The lowest BCUT2D eigenvalue weighted by molar-refractivity contribution is 0.171. The molecule has 6 heteroatoms. The normalized spacial score (nSPS) is 12.4. The van der Waals surface area contributed by atoms with Crippen molar-refractivity contribution in [3.63, 3.8) is 0 Å². The molecule has 0 saturated carbocycles. The second-order valence-corrected chi connectivity index (χ2v) is 5.50. The van der Waals surface area contributed by atoms with Gasteiger partial charge < -0.3 is 18.9 Å². The average Bonchev–Trinajstić information content (AvgIpc) is 2.61. The first-order valence-electron chi connectivity index (χ1n) is 7.59. The third kappa shape index (κ3) is 3.50. The molecule has 0 amide bonds. The van der Waals surface area contributed by atoms with Crippen molar-refractivity contribution in [3.8, 4) is 29.1 Å². The van der Waals surface area contributed by atoms with Crippen molar-refractivity contribution in [2.45, 2.75) is 13.5 Å². The zero-order valence-electron chi connectivity index (χ0n) is 13.2. The zero-order chi connectivity index (χ0) is 16.9. The van der Waals surface area contributed by atoms with Gasteiger partial charge >= 0.3 is 0 Å². The molecule has 124 valence electrons. The second kappa shape index (κ2) is 7.33. The molecule has 0 aromatic heterocycles. The Balaban J connectivity index is 1.79. The number of nitriles is 1. The Morgan fingerprint density at radius 2 is 1.96 bits per heavy atom. The summed E-state index contributed by atoms with van der Waals surface area (Å²) in [6.45, 7) is 3.65. The Labute approximate surface area is 145 Å². The Bertz CT molecular complexity index is 785. The summed E-state index contributed by atoms with van der Waals surface area (Å²) in [5, 5.41) is 9.48. The van der Waals surface area contributed by atoms with Gasteiger partial charge in [0.15, 0.2) is 23.0 Å². The van der Waals surface area contributed by atoms with Crippen LogP contribution in [-0.2, 0) is 6.61 Å². The van der Waals surface area contributed by atoms with Crippen LogP contribution in [0.5, 0.6) is 23.0 Å². The van der Waals surface area contributed by atoms with Crippen molar-refractivity contribution < 1.29 is 18.9 Å². The number of hydrogen-bond acceptors (Lipinski definition) is 5. The summed E-state index contributed by atoms with van der Waals surface area (Å²) in [6, 6.07) is 10.8. The highest BCUT2D eigenvalue weighted by atomic mass is 35.5. The van der Waals surface area contributed by atoms with Crippen LogP contribution in [0.4, 0.5) is 0 Å². The van der Waals surface area contributed by atoms with Crippen LogP contribution < -0.4 is 18.9 Å². The molecule has 5 nitrogen and oxygen atoms in total. The van der Waals surface area contributed by atoms with Gasteiger partial charge in [0.05, 0.1) is 23.3 Å². The van der Waals surface area contributed by atoms with Gasteiger partial charge in [0.25, 0.3) is 0 Å². The number of hydrogen-bond donors (Lipinski definition) is 0. The third-order valence-electron chi connectivity index (χ3n) is 3.42. The summed E-state index contributed by atoms with van der Waals surface area (Å²) >= 11 is 6.23. The first-order chi connectivity index (χ1) is 11.7. The molecule has 0 fully saturated rings. The first-order valence-corrected chi connectivity index (χ1v) is 7.97. The maximum Gasteiger partial charge on any atom is 0.179 e. The number of nitrogens with zero attached hydrogens (tertiary/aromatic N) is 1. The highest BCUT2D eigenvalue weighted by Gasteiger charge is 2.17. The van der Waals surface area contributed by atoms with Gasteiger partial charge in [-0.1, -0.05) is 11.6 Å². The molecule has 0 N–H and O–H groups in total. The molecular weight excluding hydrogens is 330 g/mol. The maximum atomic E-state index is 8.99. The van der Waals surface area contributed by atoms with E-state index in [9.17, 15) is 0 Å². The molecular formula is C18H16ClNO4. The van der Waals surface area contributed by atoms with Gasteiger partial charge in [-0.15, -0.1) is 0 Å². The van der Waals surface area contributed by atoms with Gasteiger partial charge in [0.2, 0.25) is 0 Å². The van der Waals surface area contributed by atoms with Crippen molar-refractivity contribution in [2.24, 2.45) is 0 Å². The fraction of sp³-hybridized carbons (Fsp3) is 0.278. The predicted octanol–water partition coefficient (Wildman–Crippen LogP) is 3.96. The van der Waals surface area contributed by atoms with E-state index in [4.69, 9.17) is 35.8 Å². The van der Waals surface area contributed by atoms with Crippen LogP contribution in [-0.4, -0.2) is 19.8 Å². The lowest BCUT2D eigenvalue weighted by atomic mass is 10.2.